The number of rotatable bonds is 2. The summed E-state index contributed by atoms with van der Waals surface area (Å²) >= 11 is 11.4. The second-order valence-electron chi connectivity index (χ2n) is 4.14. The largest absolute Gasteiger partial charge is 0.312 e. The Bertz CT molecular complexity index is 487. The molecule has 2 rings (SSSR count). The fourth-order valence-electron chi connectivity index (χ4n) is 1.86. The Kier molecular flexibility index (Phi) is 3.40. The molecule has 3 nitrogen and oxygen atoms in total. The molecule has 1 aliphatic rings. The smallest absolute Gasteiger partial charge is 0.227 e. The normalized spacial score (nSPS) is 19.8. The molecule has 1 heterocycles. The van der Waals surface area contributed by atoms with Crippen LogP contribution in [0.2, 0.25) is 5.02 Å². The third kappa shape index (κ3) is 2.45. The van der Waals surface area contributed by atoms with Gasteiger partial charge in [0.15, 0.2) is 0 Å². The zero-order valence-electron chi connectivity index (χ0n) is 9.24. The van der Waals surface area contributed by atoms with Crippen molar-refractivity contribution in [1.29, 1.82) is 0 Å². The van der Waals surface area contributed by atoms with E-state index in [9.17, 15) is 9.59 Å². The van der Waals surface area contributed by atoms with Gasteiger partial charge in [-0.1, -0.05) is 17.7 Å². The summed E-state index contributed by atoms with van der Waals surface area (Å²) in [6.07, 6.45) is 0.174. The molecule has 0 saturated carbocycles. The van der Waals surface area contributed by atoms with Gasteiger partial charge in [0, 0.05) is 23.7 Å². The van der Waals surface area contributed by atoms with Gasteiger partial charge in [0.1, 0.15) is 0 Å². The predicted molar refractivity (Wildman–Crippen MR) is 67.5 cm³/mol. The number of benzene rings is 1. The van der Waals surface area contributed by atoms with Crippen molar-refractivity contribution in [3.05, 3.63) is 28.8 Å². The lowest BCUT2D eigenvalue weighted by molar-refractivity contribution is -0.120. The third-order valence-corrected chi connectivity index (χ3v) is 3.63. The van der Waals surface area contributed by atoms with E-state index in [-0.39, 0.29) is 12.3 Å². The Morgan fingerprint density at radius 1 is 1.47 bits per heavy atom. The molecule has 90 valence electrons. The molecule has 0 bridgehead atoms. The highest BCUT2D eigenvalue weighted by Crippen LogP contribution is 2.29. The summed E-state index contributed by atoms with van der Waals surface area (Å²) in [6, 6.07) is 5.40. The molecular formula is C12H11Cl2NO2. The second kappa shape index (κ2) is 4.67. The Labute approximate surface area is 109 Å². The number of nitrogens with zero attached hydrogens (tertiary/aromatic N) is 1. The van der Waals surface area contributed by atoms with Gasteiger partial charge in [-0.15, -0.1) is 0 Å². The summed E-state index contributed by atoms with van der Waals surface area (Å²) < 4.78 is 0. The molecule has 1 aromatic rings. The molecule has 0 aromatic heterocycles. The molecule has 1 atom stereocenters. The topological polar surface area (TPSA) is 37.4 Å². The minimum Gasteiger partial charge on any atom is -0.312 e. The van der Waals surface area contributed by atoms with E-state index in [1.165, 1.54) is 0 Å². The van der Waals surface area contributed by atoms with Gasteiger partial charge in [-0.3, -0.25) is 9.59 Å². The first kappa shape index (κ1) is 12.4. The summed E-state index contributed by atoms with van der Waals surface area (Å²) in [5, 5.41) is 0.148. The maximum Gasteiger partial charge on any atom is 0.227 e. The van der Waals surface area contributed by atoms with E-state index in [0.29, 0.717) is 17.3 Å². The van der Waals surface area contributed by atoms with E-state index in [1.807, 2.05) is 19.1 Å². The molecule has 17 heavy (non-hydrogen) atoms. The van der Waals surface area contributed by atoms with Gasteiger partial charge in [-0.05, 0) is 36.2 Å². The van der Waals surface area contributed by atoms with E-state index in [1.54, 1.807) is 11.0 Å². The summed E-state index contributed by atoms with van der Waals surface area (Å²) in [5.74, 6) is -0.506. The van der Waals surface area contributed by atoms with Gasteiger partial charge in [0.2, 0.25) is 11.1 Å². The molecule has 1 saturated heterocycles. The van der Waals surface area contributed by atoms with Crippen LogP contribution >= 0.6 is 23.2 Å². The fraction of sp³-hybridized carbons (Fsp3) is 0.333. The van der Waals surface area contributed by atoms with Crippen LogP contribution in [0.1, 0.15) is 12.0 Å². The predicted octanol–water partition coefficient (Wildman–Crippen LogP) is 2.77. The van der Waals surface area contributed by atoms with Gasteiger partial charge in [0.25, 0.3) is 0 Å². The van der Waals surface area contributed by atoms with Crippen LogP contribution in [0.3, 0.4) is 0 Å². The number of halogens is 2. The molecule has 1 unspecified atom stereocenters. The average molecular weight is 272 g/mol. The van der Waals surface area contributed by atoms with E-state index < -0.39 is 11.2 Å². The number of carbonyl (C=O) groups excluding carboxylic acids is 2. The monoisotopic (exact) mass is 271 g/mol. The molecule has 1 aromatic carbocycles. The number of aryl methyl sites for hydroxylation is 1. The van der Waals surface area contributed by atoms with E-state index in [4.69, 9.17) is 23.2 Å². The van der Waals surface area contributed by atoms with Crippen molar-refractivity contribution in [3.8, 4) is 0 Å². The van der Waals surface area contributed by atoms with Crippen molar-refractivity contribution in [1.82, 2.24) is 0 Å². The SMILES string of the molecule is Cc1ccc(N2CC(C(=O)Cl)CC2=O)cc1Cl. The van der Waals surface area contributed by atoms with Crippen molar-refractivity contribution in [2.75, 3.05) is 11.4 Å². The van der Waals surface area contributed by atoms with E-state index in [0.717, 1.165) is 5.56 Å². The molecule has 5 heteroatoms. The Morgan fingerprint density at radius 3 is 2.71 bits per heavy atom. The first-order valence-corrected chi connectivity index (χ1v) is 6.00. The van der Waals surface area contributed by atoms with E-state index in [2.05, 4.69) is 0 Å². The maximum atomic E-state index is 11.8. The fourth-order valence-corrected chi connectivity index (χ4v) is 2.18. The average Bonchev–Trinajstić information content (AvgIpc) is 2.65. The van der Waals surface area contributed by atoms with Crippen LogP contribution in [-0.2, 0) is 9.59 Å². The molecule has 0 aliphatic carbocycles. The van der Waals surface area contributed by atoms with Crippen LogP contribution in [0.25, 0.3) is 0 Å². The third-order valence-electron chi connectivity index (χ3n) is 2.91. The van der Waals surface area contributed by atoms with Gasteiger partial charge in [-0.25, -0.2) is 0 Å². The lowest BCUT2D eigenvalue weighted by Crippen LogP contribution is -2.25. The van der Waals surface area contributed by atoms with Crippen molar-refractivity contribution in [3.63, 3.8) is 0 Å². The van der Waals surface area contributed by atoms with Gasteiger partial charge < -0.3 is 4.90 Å². The first-order chi connectivity index (χ1) is 7.99. The summed E-state index contributed by atoms with van der Waals surface area (Å²) in [4.78, 5) is 24.4. The van der Waals surface area contributed by atoms with E-state index >= 15 is 0 Å². The minimum atomic E-state index is -0.459. The molecule has 1 aliphatic heterocycles. The zero-order chi connectivity index (χ0) is 12.6. The lowest BCUT2D eigenvalue weighted by Gasteiger charge is -2.16. The van der Waals surface area contributed by atoms with Crippen molar-refractivity contribution < 1.29 is 9.59 Å². The zero-order valence-corrected chi connectivity index (χ0v) is 10.8. The minimum absolute atomic E-state index is 0.0936. The molecule has 0 N–H and O–H groups in total. The van der Waals surface area contributed by atoms with Crippen molar-refractivity contribution >= 4 is 40.0 Å². The summed E-state index contributed by atoms with van der Waals surface area (Å²) in [6.45, 7) is 2.23. The van der Waals surface area contributed by atoms with Gasteiger partial charge >= 0.3 is 0 Å². The Hall–Kier alpha value is -1.06. The number of hydrogen-bond donors (Lipinski definition) is 0. The Balaban J connectivity index is 2.26. The molecular weight excluding hydrogens is 261 g/mol. The van der Waals surface area contributed by atoms with Crippen LogP contribution in [0.4, 0.5) is 5.69 Å². The summed E-state index contributed by atoms with van der Waals surface area (Å²) in [7, 11) is 0. The van der Waals surface area contributed by atoms with Crippen molar-refractivity contribution in [2.24, 2.45) is 5.92 Å². The van der Waals surface area contributed by atoms with Crippen molar-refractivity contribution in [2.45, 2.75) is 13.3 Å². The molecule has 1 amide bonds. The van der Waals surface area contributed by atoms with Crippen LogP contribution < -0.4 is 4.90 Å². The van der Waals surface area contributed by atoms with Crippen LogP contribution in [0.15, 0.2) is 18.2 Å². The number of anilines is 1. The standard InChI is InChI=1S/C12H11Cl2NO2/c1-7-2-3-9(5-10(7)13)15-6-8(12(14)17)4-11(15)16/h2-3,5,8H,4,6H2,1H3. The highest BCUT2D eigenvalue weighted by molar-refractivity contribution is 6.64. The maximum absolute atomic E-state index is 11.8. The Morgan fingerprint density at radius 2 is 2.18 bits per heavy atom. The molecule has 0 radical (unpaired) electrons. The molecule has 0 spiro atoms. The molecule has 1 fully saturated rings. The second-order valence-corrected chi connectivity index (χ2v) is 4.92. The van der Waals surface area contributed by atoms with Crippen LogP contribution in [-0.4, -0.2) is 17.7 Å². The summed E-state index contributed by atoms with van der Waals surface area (Å²) in [5.41, 5.74) is 1.66. The van der Waals surface area contributed by atoms with Gasteiger partial charge in [-0.2, -0.15) is 0 Å². The highest BCUT2D eigenvalue weighted by atomic mass is 35.5. The quantitative estimate of drug-likeness (QED) is 0.776. The van der Waals surface area contributed by atoms with Crippen LogP contribution in [0.5, 0.6) is 0 Å². The number of carbonyl (C=O) groups is 2. The lowest BCUT2D eigenvalue weighted by atomic mass is 10.1. The first-order valence-electron chi connectivity index (χ1n) is 5.25. The number of hydrogen-bond acceptors (Lipinski definition) is 2. The number of amides is 1. The van der Waals surface area contributed by atoms with Crippen LogP contribution in [0, 0.1) is 12.8 Å². The van der Waals surface area contributed by atoms with Gasteiger partial charge in [0.05, 0.1) is 5.92 Å². The highest BCUT2D eigenvalue weighted by Gasteiger charge is 2.34.